The number of para-hydroxylation sites is 6. The van der Waals surface area contributed by atoms with Crippen LogP contribution in [-0.4, -0.2) is 30.9 Å². The topological polar surface area (TPSA) is 19.0 Å². The van der Waals surface area contributed by atoms with Gasteiger partial charge in [0.1, 0.15) is 11.5 Å². The second-order valence-corrected chi connectivity index (χ2v) is 39.2. The van der Waals surface area contributed by atoms with Gasteiger partial charge in [-0.3, -0.25) is 0 Å². The van der Waals surface area contributed by atoms with Gasteiger partial charge in [-0.05, 0) is 141 Å². The molecule has 0 amide bonds. The van der Waals surface area contributed by atoms with E-state index in [0.717, 1.165) is 39.6 Å². The minimum atomic E-state index is -2.94. The van der Waals surface area contributed by atoms with Crippen molar-refractivity contribution in [1.82, 2.24) is 0 Å². The lowest BCUT2D eigenvalue weighted by molar-refractivity contribution is 0.483. The van der Waals surface area contributed by atoms with Crippen molar-refractivity contribution in [3.8, 4) is 11.5 Å². The quantitative estimate of drug-likeness (QED) is 0.134. The number of fused-ring (bicyclic) bond motifs is 10. The van der Waals surface area contributed by atoms with Crippen molar-refractivity contribution in [3.05, 3.63) is 376 Å². The van der Waals surface area contributed by atoms with Gasteiger partial charge in [-0.2, -0.15) is 0 Å². The maximum absolute atomic E-state index is 7.88. The minimum absolute atomic E-state index is 0.146. The summed E-state index contributed by atoms with van der Waals surface area (Å²) in [4.78, 5) is 10.1. The Morgan fingerprint density at radius 1 is 0.270 bits per heavy atom. The fraction of sp³-hybridized carbons (Fsp3) is 0.0110. The number of anilines is 9. The smallest absolute Gasteiger partial charge is 0.253 e. The highest BCUT2D eigenvalue weighted by Gasteiger charge is 2.53. The van der Waals surface area contributed by atoms with Gasteiger partial charge in [0.2, 0.25) is 0 Å². The third kappa shape index (κ3) is 8.29. The van der Waals surface area contributed by atoms with Crippen molar-refractivity contribution in [2.24, 2.45) is 0 Å². The summed E-state index contributed by atoms with van der Waals surface area (Å²) in [7, 11) is -8.69. The third-order valence-corrected chi connectivity index (χ3v) is 37.8. The Bertz CT molecular complexity index is 5470. The van der Waals surface area contributed by atoms with E-state index in [2.05, 4.69) is 392 Å². The van der Waals surface area contributed by atoms with Gasteiger partial charge in [0.25, 0.3) is 6.71 Å². The summed E-state index contributed by atoms with van der Waals surface area (Å²) in [5, 5.41) is 16.4. The summed E-state index contributed by atoms with van der Waals surface area (Å²) >= 11 is 1.89. The largest absolute Gasteiger partial charge is 0.458 e. The fourth-order valence-electron chi connectivity index (χ4n) is 18.2. The molecule has 470 valence electrons. The molecular weight excluding hydrogens is 1280 g/mol. The molecule has 9 heteroatoms. The van der Waals surface area contributed by atoms with Gasteiger partial charge in [-0.1, -0.05) is 321 Å². The van der Waals surface area contributed by atoms with Crippen LogP contribution in [0, 0.1) is 6.92 Å². The maximum Gasteiger partial charge on any atom is 0.253 e. The highest BCUT2D eigenvalue weighted by atomic mass is 32.2. The van der Waals surface area contributed by atoms with Crippen LogP contribution in [0.4, 0.5) is 51.2 Å². The highest BCUT2D eigenvalue weighted by molar-refractivity contribution is 8.00. The van der Waals surface area contributed by atoms with Crippen molar-refractivity contribution < 1.29 is 4.74 Å². The second-order valence-electron chi connectivity index (χ2n) is 26.9. The predicted octanol–water partition coefficient (Wildman–Crippen LogP) is 12.6. The maximum atomic E-state index is 7.88. The zero-order valence-corrected chi connectivity index (χ0v) is 58.8. The number of benzene rings is 15. The van der Waals surface area contributed by atoms with E-state index in [1.165, 1.54) is 117 Å². The summed E-state index contributed by atoms with van der Waals surface area (Å²) in [6.07, 6.45) is 0. The summed E-state index contributed by atoms with van der Waals surface area (Å²) in [6, 6.07) is 140. The number of ether oxygens (including phenoxy) is 1. The molecule has 5 aliphatic rings. The molecule has 0 aromatic heterocycles. The lowest BCUT2D eigenvalue weighted by Gasteiger charge is -2.46. The molecular formula is C91H64BN3OSSi3. The summed E-state index contributed by atoms with van der Waals surface area (Å²) in [5.41, 5.74) is 15.2. The third-order valence-electron chi connectivity index (χ3n) is 22.1. The molecule has 5 aliphatic heterocycles. The van der Waals surface area contributed by atoms with Crippen LogP contribution < -0.4 is 98.1 Å². The number of hydrogen-bond donors (Lipinski definition) is 0. The summed E-state index contributed by atoms with van der Waals surface area (Å²) in [5.74, 6) is 1.78. The molecule has 100 heavy (non-hydrogen) atoms. The van der Waals surface area contributed by atoms with Crippen molar-refractivity contribution in [2.75, 3.05) is 14.7 Å². The molecule has 0 atom stereocenters. The Hall–Kier alpha value is -11.4. The molecule has 0 aliphatic carbocycles. The normalized spacial score (nSPS) is 14.8. The van der Waals surface area contributed by atoms with Gasteiger partial charge in [0, 0.05) is 66.9 Å². The fourth-order valence-corrected chi connectivity index (χ4v) is 34.7. The monoisotopic (exact) mass is 1340 g/mol. The lowest BCUT2D eigenvalue weighted by atomic mass is 9.35. The minimum Gasteiger partial charge on any atom is -0.458 e. The van der Waals surface area contributed by atoms with Crippen LogP contribution in [0.15, 0.2) is 380 Å². The molecule has 0 unspecified atom stereocenters. The first-order valence-electron chi connectivity index (χ1n) is 34.7. The van der Waals surface area contributed by atoms with Gasteiger partial charge in [-0.25, -0.2) is 0 Å². The van der Waals surface area contributed by atoms with Gasteiger partial charge >= 0.3 is 0 Å². The van der Waals surface area contributed by atoms with E-state index in [1.807, 2.05) is 11.8 Å². The van der Waals surface area contributed by atoms with Crippen molar-refractivity contribution in [3.63, 3.8) is 0 Å². The SMILES string of the molecule is Cc1c(N2c3ccccc3[Si](c3ccccc3)(c3ccccc3)c3ccccc32)cc2c3c1Oc1cc(N4c5ccccc5[Si](c5ccccc5)(c5ccccc5)c5ccccc54)ccc1B3c1ccc(N3c4ccccc4[Si](c4ccccc4)(c4ccccc4)c4ccccc43)cc1S2. The van der Waals surface area contributed by atoms with Crippen LogP contribution in [-0.2, 0) is 0 Å². The van der Waals surface area contributed by atoms with Crippen molar-refractivity contribution >= 4 is 173 Å². The summed E-state index contributed by atoms with van der Waals surface area (Å²) in [6.45, 7) is 2.17. The van der Waals surface area contributed by atoms with Crippen LogP contribution in [0.5, 0.6) is 11.5 Å². The molecule has 0 saturated heterocycles. The first-order valence-corrected chi connectivity index (χ1v) is 41.5. The predicted molar refractivity (Wildman–Crippen MR) is 428 cm³/mol. The number of hydrogen-bond acceptors (Lipinski definition) is 5. The molecule has 0 N–H and O–H groups in total. The van der Waals surface area contributed by atoms with E-state index in [4.69, 9.17) is 4.74 Å². The molecule has 0 saturated carbocycles. The van der Waals surface area contributed by atoms with Crippen LogP contribution in [0.25, 0.3) is 0 Å². The van der Waals surface area contributed by atoms with E-state index in [1.54, 1.807) is 0 Å². The Morgan fingerprint density at radius 3 is 0.900 bits per heavy atom. The molecule has 15 aromatic carbocycles. The van der Waals surface area contributed by atoms with Crippen LogP contribution >= 0.6 is 11.8 Å². The van der Waals surface area contributed by atoms with E-state index in [-0.39, 0.29) is 6.71 Å². The molecule has 5 heterocycles. The molecule has 0 bridgehead atoms. The van der Waals surface area contributed by atoms with Crippen molar-refractivity contribution in [1.29, 1.82) is 0 Å². The van der Waals surface area contributed by atoms with Gasteiger partial charge < -0.3 is 19.4 Å². The molecule has 0 spiro atoms. The summed E-state index contributed by atoms with van der Waals surface area (Å²) < 4.78 is 7.88. The van der Waals surface area contributed by atoms with E-state index in [9.17, 15) is 0 Å². The average Bonchev–Trinajstić information content (AvgIpc) is 0.700. The van der Waals surface area contributed by atoms with Crippen LogP contribution in [0.1, 0.15) is 5.56 Å². The second kappa shape index (κ2) is 23.1. The molecule has 0 radical (unpaired) electrons. The van der Waals surface area contributed by atoms with Gasteiger partial charge in [0.05, 0.1) is 5.69 Å². The van der Waals surface area contributed by atoms with E-state index in [0.29, 0.717) is 0 Å². The molecule has 15 aromatic rings. The lowest BCUT2D eigenvalue weighted by Crippen LogP contribution is -2.77. The standard InChI is InChI=1S/C91H64BN3OSSi3/c1-63-80(95-78-48-24-30-54-88(78)100(70-40-16-6-17-41-70,71-42-18-7-19-43-71)89-55-31-25-49-79(89)95)62-83-90-91(63)96-81-60-64(93-74-44-20-26-50-84(74)98(66-32-8-2-9-33-66,67-34-10-3-11-35-67)85-51-27-21-45-75(85)93)56-58-72(81)92(90)73-59-57-65(61-82(73)97-83)94-76-46-22-28-52-86(76)99(68-36-12-4-13-37-68,69-38-14-5-15-39-69)87-53-29-23-47-77(87)94/h2-62H,1H3. The average molecular weight is 1340 g/mol. The van der Waals surface area contributed by atoms with Crippen LogP contribution in [0.3, 0.4) is 0 Å². The highest BCUT2D eigenvalue weighted by Crippen LogP contribution is 2.50. The van der Waals surface area contributed by atoms with Crippen LogP contribution in [0.2, 0.25) is 0 Å². The Morgan fingerprint density at radius 2 is 0.560 bits per heavy atom. The first-order chi connectivity index (χ1) is 49.6. The Labute approximate surface area is 591 Å². The molecule has 0 fully saturated rings. The van der Waals surface area contributed by atoms with E-state index >= 15 is 0 Å². The molecule has 4 nitrogen and oxygen atoms in total. The first kappa shape index (κ1) is 58.7. The van der Waals surface area contributed by atoms with Crippen molar-refractivity contribution in [2.45, 2.75) is 16.7 Å². The molecule has 20 rings (SSSR count). The van der Waals surface area contributed by atoms with E-state index < -0.39 is 24.2 Å². The number of nitrogens with zero attached hydrogens (tertiary/aromatic N) is 3. The zero-order chi connectivity index (χ0) is 66.1. The van der Waals surface area contributed by atoms with Gasteiger partial charge in [-0.15, -0.1) is 0 Å². The van der Waals surface area contributed by atoms with Gasteiger partial charge in [0.15, 0.2) is 24.2 Å². The zero-order valence-electron chi connectivity index (χ0n) is 55.0. The Balaban J connectivity index is 0.806. The Kier molecular flexibility index (Phi) is 13.6. The number of rotatable bonds is 9.